The van der Waals surface area contributed by atoms with Crippen molar-refractivity contribution in [1.29, 1.82) is 0 Å². The van der Waals surface area contributed by atoms with E-state index in [9.17, 15) is 13.6 Å². The predicted molar refractivity (Wildman–Crippen MR) is 78.9 cm³/mol. The van der Waals surface area contributed by atoms with Crippen LogP contribution in [0.25, 0.3) is 0 Å². The van der Waals surface area contributed by atoms with E-state index >= 15 is 0 Å². The van der Waals surface area contributed by atoms with Crippen LogP contribution in [0, 0.1) is 11.6 Å². The minimum Gasteiger partial charge on any atom is -0.493 e. The molecule has 22 heavy (non-hydrogen) atoms. The fourth-order valence-corrected chi connectivity index (χ4v) is 2.64. The second kappa shape index (κ2) is 6.13. The Labute approximate surface area is 126 Å². The second-order valence-corrected chi connectivity index (χ2v) is 5.25. The zero-order chi connectivity index (χ0) is 15.5. The molecule has 114 valence electrons. The van der Waals surface area contributed by atoms with E-state index < -0.39 is 11.6 Å². The molecule has 0 saturated heterocycles. The minimum absolute atomic E-state index is 0.00764. The van der Waals surface area contributed by atoms with Crippen LogP contribution < -0.4 is 10.1 Å². The summed E-state index contributed by atoms with van der Waals surface area (Å²) in [4.78, 5) is 12.1. The lowest BCUT2D eigenvalue weighted by molar-refractivity contribution is -0.116. The van der Waals surface area contributed by atoms with Crippen LogP contribution >= 0.6 is 0 Å². The molecule has 1 atom stereocenters. The average molecular weight is 303 g/mol. The third-order valence-corrected chi connectivity index (χ3v) is 3.72. The number of amides is 1. The Balaban J connectivity index is 1.70. The van der Waals surface area contributed by atoms with E-state index in [-0.39, 0.29) is 23.9 Å². The Kier molecular flexibility index (Phi) is 4.04. The lowest BCUT2D eigenvalue weighted by Crippen LogP contribution is -2.21. The molecule has 0 saturated carbocycles. The second-order valence-electron chi connectivity index (χ2n) is 5.25. The molecule has 0 radical (unpaired) electrons. The van der Waals surface area contributed by atoms with Crippen LogP contribution in [0.15, 0.2) is 42.5 Å². The summed E-state index contributed by atoms with van der Waals surface area (Å²) in [5.41, 5.74) is 0.982. The van der Waals surface area contributed by atoms with Crippen molar-refractivity contribution in [3.8, 4) is 5.75 Å². The molecule has 1 heterocycles. The highest BCUT2D eigenvalue weighted by atomic mass is 19.1. The monoisotopic (exact) mass is 303 g/mol. The molecule has 2 aromatic rings. The van der Waals surface area contributed by atoms with Gasteiger partial charge < -0.3 is 10.1 Å². The van der Waals surface area contributed by atoms with Gasteiger partial charge in [-0.2, -0.15) is 0 Å². The number of carbonyl (C=O) groups is 1. The lowest BCUT2D eigenvalue weighted by atomic mass is 9.90. The summed E-state index contributed by atoms with van der Waals surface area (Å²) in [6.07, 6.45) is 0.966. The van der Waals surface area contributed by atoms with Gasteiger partial charge in [-0.15, -0.1) is 0 Å². The van der Waals surface area contributed by atoms with Gasteiger partial charge >= 0.3 is 0 Å². The molecule has 3 nitrogen and oxygen atoms in total. The van der Waals surface area contributed by atoms with Crippen molar-refractivity contribution in [3.05, 3.63) is 59.7 Å². The van der Waals surface area contributed by atoms with Crippen LogP contribution in [0.3, 0.4) is 0 Å². The number of benzene rings is 2. The van der Waals surface area contributed by atoms with E-state index in [1.54, 1.807) is 0 Å². The quantitative estimate of drug-likeness (QED) is 0.935. The van der Waals surface area contributed by atoms with Crippen LogP contribution in [0.5, 0.6) is 5.75 Å². The van der Waals surface area contributed by atoms with Gasteiger partial charge in [0.1, 0.15) is 17.4 Å². The highest BCUT2D eigenvalue weighted by molar-refractivity contribution is 5.91. The number of fused-ring (bicyclic) bond motifs is 1. The summed E-state index contributed by atoms with van der Waals surface area (Å²) in [7, 11) is 0. The minimum atomic E-state index is -0.777. The average Bonchev–Trinajstić information content (AvgIpc) is 2.50. The Morgan fingerprint density at radius 2 is 2.05 bits per heavy atom. The van der Waals surface area contributed by atoms with E-state index in [4.69, 9.17) is 4.74 Å². The molecular weight excluding hydrogens is 288 g/mol. The van der Waals surface area contributed by atoms with Gasteiger partial charge in [0, 0.05) is 12.5 Å². The number of rotatable bonds is 3. The summed E-state index contributed by atoms with van der Waals surface area (Å²) in [5, 5.41) is 2.49. The van der Waals surface area contributed by atoms with Crippen LogP contribution in [0.1, 0.15) is 24.3 Å². The van der Waals surface area contributed by atoms with E-state index in [0.29, 0.717) is 6.61 Å². The number of hydrogen-bond acceptors (Lipinski definition) is 2. The molecule has 1 amide bonds. The van der Waals surface area contributed by atoms with E-state index in [2.05, 4.69) is 5.32 Å². The summed E-state index contributed by atoms with van der Waals surface area (Å²) in [6.45, 7) is 0.555. The van der Waals surface area contributed by atoms with Crippen molar-refractivity contribution in [3.63, 3.8) is 0 Å². The molecule has 1 aliphatic rings. The molecule has 1 aliphatic heterocycles. The fraction of sp³-hybridized carbons (Fsp3) is 0.235. The van der Waals surface area contributed by atoms with Crippen molar-refractivity contribution in [2.45, 2.75) is 18.8 Å². The Hall–Kier alpha value is -2.43. The maximum Gasteiger partial charge on any atom is 0.225 e. The van der Waals surface area contributed by atoms with E-state index in [1.807, 2.05) is 24.3 Å². The lowest BCUT2D eigenvalue weighted by Gasteiger charge is -2.25. The largest absolute Gasteiger partial charge is 0.493 e. The molecule has 0 fully saturated rings. The molecule has 1 unspecified atom stereocenters. The van der Waals surface area contributed by atoms with Crippen molar-refractivity contribution < 1.29 is 18.3 Å². The highest BCUT2D eigenvalue weighted by Gasteiger charge is 2.23. The molecule has 0 bridgehead atoms. The highest BCUT2D eigenvalue weighted by Crippen LogP contribution is 2.35. The summed E-state index contributed by atoms with van der Waals surface area (Å²) < 4.78 is 32.0. The Bertz CT molecular complexity index is 703. The zero-order valence-corrected chi connectivity index (χ0v) is 11.8. The molecule has 1 N–H and O–H groups in total. The molecule has 5 heteroatoms. The van der Waals surface area contributed by atoms with Crippen molar-refractivity contribution in [1.82, 2.24) is 0 Å². The van der Waals surface area contributed by atoms with Crippen LogP contribution in [-0.4, -0.2) is 12.5 Å². The SMILES string of the molecule is O=C(CC1CCOc2ccccc21)Nc1ccc(F)cc1F. The predicted octanol–water partition coefficient (Wildman–Crippen LogP) is 3.86. The van der Waals surface area contributed by atoms with Gasteiger partial charge in [0.05, 0.1) is 12.3 Å². The molecule has 0 aliphatic carbocycles. The van der Waals surface area contributed by atoms with Gasteiger partial charge in [-0.25, -0.2) is 8.78 Å². The first kappa shape index (κ1) is 14.5. The number of para-hydroxylation sites is 1. The van der Waals surface area contributed by atoms with E-state index in [0.717, 1.165) is 29.9 Å². The van der Waals surface area contributed by atoms with Gasteiger partial charge in [-0.3, -0.25) is 4.79 Å². The molecule has 0 spiro atoms. The van der Waals surface area contributed by atoms with Gasteiger partial charge in [0.2, 0.25) is 5.91 Å². The Morgan fingerprint density at radius 1 is 1.23 bits per heavy atom. The molecule has 3 rings (SSSR count). The molecular formula is C17H15F2NO2. The molecule has 2 aromatic carbocycles. The van der Waals surface area contributed by atoms with Crippen molar-refractivity contribution in [2.75, 3.05) is 11.9 Å². The molecule has 0 aromatic heterocycles. The number of halogens is 2. The summed E-state index contributed by atoms with van der Waals surface area (Å²) >= 11 is 0. The van der Waals surface area contributed by atoms with E-state index in [1.165, 1.54) is 6.07 Å². The zero-order valence-electron chi connectivity index (χ0n) is 11.8. The number of ether oxygens (including phenoxy) is 1. The smallest absolute Gasteiger partial charge is 0.225 e. The third-order valence-electron chi connectivity index (χ3n) is 3.72. The number of nitrogens with one attached hydrogen (secondary N) is 1. The maximum absolute atomic E-state index is 13.6. The normalized spacial score (nSPS) is 16.5. The first-order valence-electron chi connectivity index (χ1n) is 7.10. The fourth-order valence-electron chi connectivity index (χ4n) is 2.64. The third kappa shape index (κ3) is 3.08. The first-order valence-corrected chi connectivity index (χ1v) is 7.10. The van der Waals surface area contributed by atoms with Crippen LogP contribution in [0.4, 0.5) is 14.5 Å². The summed E-state index contributed by atoms with van der Waals surface area (Å²) in [6, 6.07) is 10.7. The summed E-state index contributed by atoms with van der Waals surface area (Å²) in [5.74, 6) is -0.922. The number of hydrogen-bond donors (Lipinski definition) is 1. The van der Waals surface area contributed by atoms with Crippen LogP contribution in [0.2, 0.25) is 0 Å². The van der Waals surface area contributed by atoms with Gasteiger partial charge in [0.15, 0.2) is 0 Å². The van der Waals surface area contributed by atoms with Crippen LogP contribution in [-0.2, 0) is 4.79 Å². The van der Waals surface area contributed by atoms with Gasteiger partial charge in [0.25, 0.3) is 0 Å². The van der Waals surface area contributed by atoms with Crippen molar-refractivity contribution >= 4 is 11.6 Å². The topological polar surface area (TPSA) is 38.3 Å². The Morgan fingerprint density at radius 3 is 2.86 bits per heavy atom. The first-order chi connectivity index (χ1) is 10.6. The van der Waals surface area contributed by atoms with Crippen molar-refractivity contribution in [2.24, 2.45) is 0 Å². The van der Waals surface area contributed by atoms with Gasteiger partial charge in [-0.1, -0.05) is 18.2 Å². The standard InChI is InChI=1S/C17H15F2NO2/c18-12-5-6-15(14(19)10-12)20-17(21)9-11-7-8-22-16-4-2-1-3-13(11)16/h1-6,10-11H,7-9H2,(H,20,21). The maximum atomic E-state index is 13.6. The van der Waals surface area contributed by atoms with Gasteiger partial charge in [-0.05, 0) is 36.1 Å². The number of carbonyl (C=O) groups excluding carboxylic acids is 1. The number of anilines is 1.